The number of nitrogens with zero attached hydrogens (tertiary/aromatic N) is 1. The van der Waals surface area contributed by atoms with Crippen LogP contribution in [-0.2, 0) is 5.75 Å². The molecule has 20 heavy (non-hydrogen) atoms. The summed E-state index contributed by atoms with van der Waals surface area (Å²) in [6, 6.07) is 10.2. The van der Waals surface area contributed by atoms with Gasteiger partial charge in [-0.25, -0.2) is 13.8 Å². The zero-order valence-corrected chi connectivity index (χ0v) is 12.6. The van der Waals surface area contributed by atoms with Gasteiger partial charge in [0.1, 0.15) is 11.6 Å². The van der Waals surface area contributed by atoms with E-state index in [1.54, 1.807) is 0 Å². The Morgan fingerprint density at radius 2 is 1.95 bits per heavy atom. The molecule has 0 aliphatic heterocycles. The molecule has 1 aromatic heterocycles. The fourth-order valence-electron chi connectivity index (χ4n) is 1.84. The first kappa shape index (κ1) is 13.6. The van der Waals surface area contributed by atoms with Crippen LogP contribution in [0.5, 0.6) is 0 Å². The molecule has 6 heteroatoms. The molecule has 0 aliphatic carbocycles. The van der Waals surface area contributed by atoms with E-state index in [4.69, 9.17) is 0 Å². The first-order valence-electron chi connectivity index (χ1n) is 5.85. The lowest BCUT2D eigenvalue weighted by molar-refractivity contribution is 0.562. The van der Waals surface area contributed by atoms with Gasteiger partial charge >= 0.3 is 0 Å². The van der Waals surface area contributed by atoms with E-state index < -0.39 is 11.6 Å². The van der Waals surface area contributed by atoms with Crippen molar-refractivity contribution >= 4 is 38.7 Å². The fourth-order valence-corrected chi connectivity index (χ4v) is 3.10. The molecule has 0 atom stereocenters. The van der Waals surface area contributed by atoms with Gasteiger partial charge in [-0.05, 0) is 40.2 Å². The Balaban J connectivity index is 1.84. The fraction of sp³-hybridized carbons (Fsp3) is 0.0714. The zero-order chi connectivity index (χ0) is 14.1. The molecule has 0 saturated heterocycles. The second kappa shape index (κ2) is 5.54. The summed E-state index contributed by atoms with van der Waals surface area (Å²) in [7, 11) is 0. The van der Waals surface area contributed by atoms with E-state index in [1.807, 2.05) is 24.3 Å². The first-order chi connectivity index (χ1) is 9.65. The van der Waals surface area contributed by atoms with Gasteiger partial charge in [0.15, 0.2) is 5.16 Å². The SMILES string of the molecule is Fc1ccc(Br)c(F)c1CSc1nc2ccccc2[nH]1. The van der Waals surface area contributed by atoms with Gasteiger partial charge in [-0.3, -0.25) is 0 Å². The number of aromatic amines is 1. The quantitative estimate of drug-likeness (QED) is 0.535. The molecule has 102 valence electrons. The molecule has 2 aromatic carbocycles. The van der Waals surface area contributed by atoms with Gasteiger partial charge < -0.3 is 4.98 Å². The topological polar surface area (TPSA) is 28.7 Å². The molecule has 2 nitrogen and oxygen atoms in total. The van der Waals surface area contributed by atoms with Crippen LogP contribution in [0.4, 0.5) is 8.78 Å². The molecular formula is C14H9BrF2N2S. The number of hydrogen-bond donors (Lipinski definition) is 1. The van der Waals surface area contributed by atoms with E-state index in [0.29, 0.717) is 5.16 Å². The van der Waals surface area contributed by atoms with Crippen molar-refractivity contribution in [3.63, 3.8) is 0 Å². The minimum atomic E-state index is -0.561. The van der Waals surface area contributed by atoms with Crippen LogP contribution in [0.2, 0.25) is 0 Å². The maximum Gasteiger partial charge on any atom is 0.166 e. The molecule has 0 aliphatic rings. The molecular weight excluding hydrogens is 346 g/mol. The third kappa shape index (κ3) is 2.58. The van der Waals surface area contributed by atoms with Crippen LogP contribution < -0.4 is 0 Å². The highest BCUT2D eigenvalue weighted by molar-refractivity contribution is 9.10. The number of thioether (sulfide) groups is 1. The number of H-pyrrole nitrogens is 1. The van der Waals surface area contributed by atoms with E-state index >= 15 is 0 Å². The molecule has 0 bridgehead atoms. The number of aromatic nitrogens is 2. The summed E-state index contributed by atoms with van der Waals surface area (Å²) >= 11 is 4.33. The first-order valence-corrected chi connectivity index (χ1v) is 7.63. The predicted octanol–water partition coefficient (Wildman–Crippen LogP) is 4.90. The summed E-state index contributed by atoms with van der Waals surface area (Å²) in [6.45, 7) is 0. The Bertz CT molecular complexity index is 740. The third-order valence-electron chi connectivity index (χ3n) is 2.86. The van der Waals surface area contributed by atoms with Crippen molar-refractivity contribution in [1.82, 2.24) is 9.97 Å². The minimum absolute atomic E-state index is 0.0461. The largest absolute Gasteiger partial charge is 0.333 e. The van der Waals surface area contributed by atoms with E-state index in [0.717, 1.165) is 11.0 Å². The van der Waals surface area contributed by atoms with E-state index in [-0.39, 0.29) is 15.8 Å². The highest BCUT2D eigenvalue weighted by atomic mass is 79.9. The molecule has 0 unspecified atom stereocenters. The van der Waals surface area contributed by atoms with Crippen LogP contribution in [0.1, 0.15) is 5.56 Å². The zero-order valence-electron chi connectivity index (χ0n) is 10.2. The molecule has 0 saturated carbocycles. The molecule has 0 spiro atoms. The predicted molar refractivity (Wildman–Crippen MR) is 79.7 cm³/mol. The lowest BCUT2D eigenvalue weighted by Gasteiger charge is -2.04. The number of nitrogens with one attached hydrogen (secondary N) is 1. The van der Waals surface area contributed by atoms with Crippen molar-refractivity contribution in [2.75, 3.05) is 0 Å². The van der Waals surface area contributed by atoms with Gasteiger partial charge in [-0.15, -0.1) is 0 Å². The molecule has 3 aromatic rings. The molecule has 0 radical (unpaired) electrons. The van der Waals surface area contributed by atoms with Crippen LogP contribution in [0.15, 0.2) is 46.0 Å². The van der Waals surface area contributed by atoms with Crippen molar-refractivity contribution in [1.29, 1.82) is 0 Å². The summed E-state index contributed by atoms with van der Waals surface area (Å²) in [4.78, 5) is 7.47. The molecule has 1 N–H and O–H groups in total. The van der Waals surface area contributed by atoms with Gasteiger partial charge in [-0.1, -0.05) is 23.9 Å². The van der Waals surface area contributed by atoms with Crippen LogP contribution in [0.3, 0.4) is 0 Å². The number of para-hydroxylation sites is 2. The van der Waals surface area contributed by atoms with E-state index in [9.17, 15) is 8.78 Å². The van der Waals surface area contributed by atoms with Gasteiger partial charge in [-0.2, -0.15) is 0 Å². The summed E-state index contributed by atoms with van der Waals surface area (Å²) in [5.74, 6) is -0.931. The van der Waals surface area contributed by atoms with Crippen LogP contribution in [0.25, 0.3) is 11.0 Å². The number of halogens is 3. The lowest BCUT2D eigenvalue weighted by Crippen LogP contribution is -1.94. The van der Waals surface area contributed by atoms with Gasteiger partial charge in [0.05, 0.1) is 15.5 Å². The highest BCUT2D eigenvalue weighted by Gasteiger charge is 2.13. The van der Waals surface area contributed by atoms with E-state index in [2.05, 4.69) is 25.9 Å². The third-order valence-corrected chi connectivity index (χ3v) is 4.37. The Kier molecular flexibility index (Phi) is 3.76. The normalized spacial score (nSPS) is 11.2. The summed E-state index contributed by atoms with van der Waals surface area (Å²) in [5.41, 5.74) is 1.79. The smallest absolute Gasteiger partial charge is 0.166 e. The van der Waals surface area contributed by atoms with Crippen molar-refractivity contribution in [3.8, 4) is 0 Å². The average molecular weight is 355 g/mol. The number of imidazole rings is 1. The summed E-state index contributed by atoms with van der Waals surface area (Å²) in [5, 5.41) is 0.643. The van der Waals surface area contributed by atoms with Gasteiger partial charge in [0.25, 0.3) is 0 Å². The van der Waals surface area contributed by atoms with E-state index in [1.165, 1.54) is 23.9 Å². The van der Waals surface area contributed by atoms with Crippen molar-refractivity contribution in [2.24, 2.45) is 0 Å². The summed E-state index contributed by atoms with van der Waals surface area (Å²) < 4.78 is 27.7. The average Bonchev–Trinajstić information content (AvgIpc) is 2.86. The summed E-state index contributed by atoms with van der Waals surface area (Å²) in [6.07, 6.45) is 0. The number of fused-ring (bicyclic) bond motifs is 1. The number of rotatable bonds is 3. The Morgan fingerprint density at radius 1 is 1.15 bits per heavy atom. The Hall–Kier alpha value is -1.40. The molecule has 1 heterocycles. The van der Waals surface area contributed by atoms with Crippen LogP contribution >= 0.6 is 27.7 Å². The number of hydrogen-bond acceptors (Lipinski definition) is 2. The van der Waals surface area contributed by atoms with Crippen molar-refractivity contribution in [3.05, 3.63) is 58.1 Å². The second-order valence-electron chi connectivity index (χ2n) is 4.17. The maximum atomic E-state index is 13.8. The number of benzene rings is 2. The Morgan fingerprint density at radius 3 is 2.75 bits per heavy atom. The van der Waals surface area contributed by atoms with Crippen molar-refractivity contribution < 1.29 is 8.78 Å². The van der Waals surface area contributed by atoms with Crippen molar-refractivity contribution in [2.45, 2.75) is 10.9 Å². The highest BCUT2D eigenvalue weighted by Crippen LogP contribution is 2.28. The van der Waals surface area contributed by atoms with Gasteiger partial charge in [0.2, 0.25) is 0 Å². The monoisotopic (exact) mass is 354 g/mol. The minimum Gasteiger partial charge on any atom is -0.333 e. The standard InChI is InChI=1S/C14H9BrF2N2S/c15-9-5-6-10(16)8(13(9)17)7-20-14-18-11-3-1-2-4-12(11)19-14/h1-6H,7H2,(H,18,19). The van der Waals surface area contributed by atoms with Gasteiger partial charge in [0, 0.05) is 11.3 Å². The molecule has 0 amide bonds. The van der Waals surface area contributed by atoms with Crippen LogP contribution in [-0.4, -0.2) is 9.97 Å². The second-order valence-corrected chi connectivity index (χ2v) is 5.99. The maximum absolute atomic E-state index is 13.8. The Labute approximate surface area is 126 Å². The van der Waals surface area contributed by atoms with Crippen LogP contribution in [0, 0.1) is 11.6 Å². The lowest BCUT2D eigenvalue weighted by atomic mass is 10.2. The molecule has 0 fully saturated rings. The molecule has 3 rings (SSSR count).